The molecule has 7 heteroatoms. The van der Waals surface area contributed by atoms with Crippen LogP contribution in [0.3, 0.4) is 0 Å². The van der Waals surface area contributed by atoms with Crippen LogP contribution in [0.1, 0.15) is 30.6 Å². The average molecular weight is 447 g/mol. The Morgan fingerprint density at radius 3 is 2.52 bits per heavy atom. The highest BCUT2D eigenvalue weighted by atomic mass is 35.5. The lowest BCUT2D eigenvalue weighted by Crippen LogP contribution is -2.13. The summed E-state index contributed by atoms with van der Waals surface area (Å²) in [6, 6.07) is 11.4. The number of aromatic nitrogens is 2. The smallest absolute Gasteiger partial charge is 0.383 e. The van der Waals surface area contributed by atoms with Crippen molar-refractivity contribution in [3.05, 3.63) is 64.9 Å². The van der Waals surface area contributed by atoms with Gasteiger partial charge in [0.25, 0.3) is 0 Å². The van der Waals surface area contributed by atoms with E-state index in [2.05, 4.69) is 11.5 Å². The second-order valence-electron chi connectivity index (χ2n) is 7.59. The van der Waals surface area contributed by atoms with Crippen LogP contribution in [0.5, 0.6) is 0 Å². The van der Waals surface area contributed by atoms with Crippen LogP contribution in [0.25, 0.3) is 32.9 Å². The third kappa shape index (κ3) is 3.79. The van der Waals surface area contributed by atoms with E-state index in [0.29, 0.717) is 23.3 Å². The molecule has 0 radical (unpaired) electrons. The van der Waals surface area contributed by atoms with Crippen molar-refractivity contribution in [1.82, 2.24) is 9.55 Å². The van der Waals surface area contributed by atoms with Crippen LogP contribution >= 0.6 is 11.6 Å². The third-order valence-electron chi connectivity index (χ3n) is 5.69. The van der Waals surface area contributed by atoms with Crippen LogP contribution in [0.15, 0.2) is 48.7 Å². The third-order valence-corrected chi connectivity index (χ3v) is 6.00. The molecule has 0 aliphatic heterocycles. The molecule has 0 fully saturated rings. The summed E-state index contributed by atoms with van der Waals surface area (Å²) in [5.74, 6) is 0. The fourth-order valence-electron chi connectivity index (χ4n) is 4.13. The molecule has 162 valence electrons. The summed E-state index contributed by atoms with van der Waals surface area (Å²) in [6.45, 7) is 4.63. The number of aryl methyl sites for hydroxylation is 1. The predicted octanol–water partition coefficient (Wildman–Crippen LogP) is 7.43. The van der Waals surface area contributed by atoms with Gasteiger partial charge in [-0.05, 0) is 31.5 Å². The number of rotatable bonds is 5. The number of fused-ring (bicyclic) bond motifs is 3. The summed E-state index contributed by atoms with van der Waals surface area (Å²) >= 11 is 6.30. The zero-order chi connectivity index (χ0) is 22.3. The molecular formula is C24H22ClF3N2O. The molecule has 2 aromatic carbocycles. The number of nitrogens with zero attached hydrogens (tertiary/aromatic N) is 2. The Bertz CT molecular complexity index is 1260. The highest BCUT2D eigenvalue weighted by molar-refractivity contribution is 6.34. The van der Waals surface area contributed by atoms with Gasteiger partial charge in [0.1, 0.15) is 0 Å². The van der Waals surface area contributed by atoms with Crippen molar-refractivity contribution >= 4 is 33.4 Å². The molecule has 0 N–H and O–H groups in total. The molecule has 0 saturated heterocycles. The van der Waals surface area contributed by atoms with Crippen molar-refractivity contribution in [1.29, 1.82) is 0 Å². The molecule has 0 aliphatic carbocycles. The van der Waals surface area contributed by atoms with Crippen LogP contribution in [-0.2, 0) is 10.9 Å². The molecule has 4 rings (SSSR count). The molecule has 0 aliphatic rings. The minimum absolute atomic E-state index is 0.0445. The molecule has 0 amide bonds. The van der Waals surface area contributed by atoms with Crippen molar-refractivity contribution in [2.24, 2.45) is 0 Å². The van der Waals surface area contributed by atoms with Gasteiger partial charge in [0.15, 0.2) is 0 Å². The lowest BCUT2D eigenvalue weighted by molar-refractivity contribution is -0.137. The molecule has 0 bridgehead atoms. The number of methoxy groups -OCH3 is 1. The molecule has 31 heavy (non-hydrogen) atoms. The molecule has 0 spiro atoms. The Balaban J connectivity index is 1.99. The van der Waals surface area contributed by atoms with Crippen LogP contribution in [0.2, 0.25) is 5.02 Å². The van der Waals surface area contributed by atoms with Gasteiger partial charge in [-0.25, -0.2) is 0 Å². The van der Waals surface area contributed by atoms with Gasteiger partial charge in [0.2, 0.25) is 0 Å². The summed E-state index contributed by atoms with van der Waals surface area (Å²) in [5.41, 5.74) is 3.05. The first kappa shape index (κ1) is 21.7. The van der Waals surface area contributed by atoms with Gasteiger partial charge in [-0.1, -0.05) is 42.8 Å². The van der Waals surface area contributed by atoms with Gasteiger partial charge >= 0.3 is 6.18 Å². The van der Waals surface area contributed by atoms with E-state index in [9.17, 15) is 13.2 Å². The van der Waals surface area contributed by atoms with Gasteiger partial charge in [-0.15, -0.1) is 0 Å². The standard InChI is InChI=1S/C24H22ClF3N2O/c1-4-16(13-31-3)30-11-10-17-14(2)29-22-19(6-5-7-20(22)23(17)30)18-9-8-15(12-21(18)25)24(26,27)28/h5-12,16H,4,13H2,1-3H3. The second kappa shape index (κ2) is 8.17. The maximum atomic E-state index is 13.1. The van der Waals surface area contributed by atoms with Crippen molar-refractivity contribution in [2.45, 2.75) is 32.5 Å². The number of benzene rings is 2. The van der Waals surface area contributed by atoms with Gasteiger partial charge in [0, 0.05) is 45.9 Å². The van der Waals surface area contributed by atoms with Crippen LogP contribution < -0.4 is 0 Å². The van der Waals surface area contributed by atoms with E-state index >= 15 is 0 Å². The van der Waals surface area contributed by atoms with E-state index in [0.717, 1.165) is 40.5 Å². The quantitative estimate of drug-likeness (QED) is 0.318. The monoisotopic (exact) mass is 446 g/mol. The number of hydrogen-bond donors (Lipinski definition) is 0. The van der Waals surface area contributed by atoms with E-state index in [1.165, 1.54) is 6.07 Å². The predicted molar refractivity (Wildman–Crippen MR) is 119 cm³/mol. The Kier molecular flexibility index (Phi) is 5.71. The Morgan fingerprint density at radius 1 is 1.10 bits per heavy atom. The van der Waals surface area contributed by atoms with Gasteiger partial charge < -0.3 is 9.30 Å². The maximum Gasteiger partial charge on any atom is 0.416 e. The topological polar surface area (TPSA) is 27.1 Å². The van der Waals surface area contributed by atoms with Crippen LogP contribution in [-0.4, -0.2) is 23.3 Å². The van der Waals surface area contributed by atoms with E-state index < -0.39 is 11.7 Å². The van der Waals surface area contributed by atoms with E-state index in [1.54, 1.807) is 7.11 Å². The van der Waals surface area contributed by atoms with Crippen LogP contribution in [0, 0.1) is 6.92 Å². The maximum absolute atomic E-state index is 13.1. The molecule has 3 nitrogen and oxygen atoms in total. The Hall–Kier alpha value is -2.57. The molecule has 4 aromatic rings. The summed E-state index contributed by atoms with van der Waals surface area (Å²) in [5, 5.41) is 2.01. The number of halogens is 4. The molecule has 2 heterocycles. The number of alkyl halides is 3. The fraction of sp³-hybridized carbons (Fsp3) is 0.292. The zero-order valence-electron chi connectivity index (χ0n) is 17.4. The Labute approximate surface area is 183 Å². The highest BCUT2D eigenvalue weighted by Gasteiger charge is 2.31. The van der Waals surface area contributed by atoms with Crippen molar-refractivity contribution in [2.75, 3.05) is 13.7 Å². The lowest BCUT2D eigenvalue weighted by Gasteiger charge is -2.19. The summed E-state index contributed by atoms with van der Waals surface area (Å²) < 4.78 is 46.9. The lowest BCUT2D eigenvalue weighted by atomic mass is 9.99. The first-order valence-corrected chi connectivity index (χ1v) is 10.4. The average Bonchev–Trinajstić information content (AvgIpc) is 3.17. The minimum Gasteiger partial charge on any atom is -0.383 e. The van der Waals surface area contributed by atoms with Gasteiger partial charge in [0.05, 0.1) is 29.2 Å². The SMILES string of the molecule is CCC(COC)n1ccc2c(C)nc3c(-c4ccc(C(F)(F)F)cc4Cl)cccc3c21. The Morgan fingerprint density at radius 2 is 1.87 bits per heavy atom. The fourth-order valence-corrected chi connectivity index (χ4v) is 4.41. The first-order chi connectivity index (χ1) is 14.8. The summed E-state index contributed by atoms with van der Waals surface area (Å²) in [6.07, 6.45) is -1.51. The van der Waals surface area contributed by atoms with E-state index in [-0.39, 0.29) is 11.1 Å². The van der Waals surface area contributed by atoms with Gasteiger partial charge in [-0.2, -0.15) is 13.2 Å². The van der Waals surface area contributed by atoms with Crippen molar-refractivity contribution in [3.8, 4) is 11.1 Å². The van der Waals surface area contributed by atoms with Crippen LogP contribution in [0.4, 0.5) is 13.2 Å². The normalized spacial score (nSPS) is 13.3. The number of hydrogen-bond acceptors (Lipinski definition) is 2. The van der Waals surface area contributed by atoms with E-state index in [4.69, 9.17) is 21.3 Å². The van der Waals surface area contributed by atoms with Crippen molar-refractivity contribution < 1.29 is 17.9 Å². The molecule has 1 unspecified atom stereocenters. The summed E-state index contributed by atoms with van der Waals surface area (Å²) in [7, 11) is 1.68. The number of para-hydroxylation sites is 1. The molecule has 2 aromatic heterocycles. The number of pyridine rings is 1. The molecular weight excluding hydrogens is 425 g/mol. The highest BCUT2D eigenvalue weighted by Crippen LogP contribution is 2.39. The van der Waals surface area contributed by atoms with Gasteiger partial charge in [-0.3, -0.25) is 4.98 Å². The minimum atomic E-state index is -4.45. The number of ether oxygens (including phenoxy) is 1. The van der Waals surface area contributed by atoms with E-state index in [1.807, 2.05) is 37.4 Å². The van der Waals surface area contributed by atoms with Crippen molar-refractivity contribution in [3.63, 3.8) is 0 Å². The molecule has 1 atom stereocenters. The summed E-state index contributed by atoms with van der Waals surface area (Å²) in [4.78, 5) is 4.81. The zero-order valence-corrected chi connectivity index (χ0v) is 18.2. The largest absolute Gasteiger partial charge is 0.416 e. The first-order valence-electron chi connectivity index (χ1n) is 10.0. The second-order valence-corrected chi connectivity index (χ2v) is 8.00. The molecule has 0 saturated carbocycles.